The number of carbonyl (C=O) groups is 1. The van der Waals surface area contributed by atoms with Crippen molar-refractivity contribution < 1.29 is 28.1 Å². The van der Waals surface area contributed by atoms with E-state index in [1.807, 2.05) is 32.2 Å². The van der Waals surface area contributed by atoms with Crippen LogP contribution in [0.5, 0.6) is 11.5 Å². The Kier molecular flexibility index (Phi) is 8.67. The number of aromatic nitrogens is 2. The summed E-state index contributed by atoms with van der Waals surface area (Å²) < 4.78 is 40.6. The fourth-order valence-corrected chi connectivity index (χ4v) is 6.48. The van der Waals surface area contributed by atoms with E-state index in [2.05, 4.69) is 15.5 Å². The Balaban J connectivity index is 1.12. The van der Waals surface area contributed by atoms with Crippen LogP contribution in [0.3, 0.4) is 0 Å². The van der Waals surface area contributed by atoms with Gasteiger partial charge in [-0.15, -0.1) is 0 Å². The highest BCUT2D eigenvalue weighted by Crippen LogP contribution is 2.49. The number of ether oxygens (including phenoxy) is 4. The molecular weight excluding hydrogens is 573 g/mol. The average Bonchev–Trinajstić information content (AvgIpc) is 3.50. The normalized spacial score (nSPS) is 22.8. The minimum absolute atomic E-state index is 0.181. The fraction of sp³-hybridized carbons (Fsp3) is 0.515. The molecule has 0 amide bonds. The Labute approximate surface area is 257 Å². The van der Waals surface area contributed by atoms with Crippen LogP contribution >= 0.6 is 11.6 Å². The number of carbonyl (C=O) groups excluding carboxylic acids is 1. The number of nitrogens with zero attached hydrogens (tertiary/aromatic N) is 3. The Morgan fingerprint density at radius 2 is 2.00 bits per heavy atom. The summed E-state index contributed by atoms with van der Waals surface area (Å²) in [6, 6.07) is 10.5. The van der Waals surface area contributed by atoms with Gasteiger partial charge < -0.3 is 23.5 Å². The molecule has 6 rings (SSSR count). The van der Waals surface area contributed by atoms with Crippen molar-refractivity contribution in [3.63, 3.8) is 0 Å². The molecule has 3 atom stereocenters. The predicted octanol–water partition coefficient (Wildman–Crippen LogP) is 6.23. The summed E-state index contributed by atoms with van der Waals surface area (Å²) in [6.45, 7) is 9.93. The standard InChI is InChI=1S/C33H39ClFN3O5/c1-4-40-32(39)21(2)16-24-18-36-30(38(24)19-25-12-15-41-25)20-37-13-10-22(11-14-37)26-6-5-7-29-31(26)43-33(3,42-29)27-9-8-23(34)17-28(27)35/h5-9,17-18,21-22,25H,4,10-16,19-20H2,1-3H3. The summed E-state index contributed by atoms with van der Waals surface area (Å²) in [5.74, 6) is 0.457. The average molecular weight is 612 g/mol. The number of benzene rings is 2. The SMILES string of the molecule is CCOC(=O)C(C)Cc1cnc(CN2CCC(c3cccc4c3OC(C)(c3ccc(Cl)cc3F)O4)CC2)n1CC1CCO1. The van der Waals surface area contributed by atoms with E-state index in [9.17, 15) is 9.18 Å². The molecule has 0 N–H and O–H groups in total. The summed E-state index contributed by atoms with van der Waals surface area (Å²) in [7, 11) is 0. The van der Waals surface area contributed by atoms with Crippen molar-refractivity contribution in [2.45, 2.75) is 77.4 Å². The van der Waals surface area contributed by atoms with E-state index in [1.165, 1.54) is 6.07 Å². The summed E-state index contributed by atoms with van der Waals surface area (Å²) in [5.41, 5.74) is 2.44. The summed E-state index contributed by atoms with van der Waals surface area (Å²) in [6.07, 6.45) is 5.61. The van der Waals surface area contributed by atoms with Crippen LogP contribution in [0.25, 0.3) is 0 Å². The van der Waals surface area contributed by atoms with Crippen molar-refractivity contribution in [2.24, 2.45) is 5.92 Å². The van der Waals surface area contributed by atoms with Gasteiger partial charge in [0.05, 0.1) is 37.3 Å². The van der Waals surface area contributed by atoms with Gasteiger partial charge in [-0.2, -0.15) is 0 Å². The van der Waals surface area contributed by atoms with Gasteiger partial charge in [-0.3, -0.25) is 9.69 Å². The Bertz CT molecular complexity index is 1470. The molecule has 43 heavy (non-hydrogen) atoms. The zero-order chi connectivity index (χ0) is 30.1. The number of hydrogen-bond acceptors (Lipinski definition) is 7. The summed E-state index contributed by atoms with van der Waals surface area (Å²) >= 11 is 5.98. The Morgan fingerprint density at radius 1 is 1.21 bits per heavy atom. The molecular formula is C33H39ClFN3O5. The van der Waals surface area contributed by atoms with E-state index in [0.717, 1.165) is 69.1 Å². The molecule has 10 heteroatoms. The highest BCUT2D eigenvalue weighted by molar-refractivity contribution is 6.30. The third-order valence-corrected chi connectivity index (χ3v) is 9.06. The molecule has 0 saturated carbocycles. The van der Waals surface area contributed by atoms with E-state index in [4.69, 9.17) is 35.5 Å². The molecule has 3 aliphatic heterocycles. The number of esters is 1. The third-order valence-electron chi connectivity index (χ3n) is 8.83. The number of hydrogen-bond donors (Lipinski definition) is 0. The van der Waals surface area contributed by atoms with E-state index >= 15 is 0 Å². The van der Waals surface area contributed by atoms with Gasteiger partial charge in [-0.05, 0) is 69.5 Å². The van der Waals surface area contributed by atoms with Gasteiger partial charge in [0.25, 0.3) is 5.79 Å². The molecule has 3 aliphatic rings. The quantitative estimate of drug-likeness (QED) is 0.252. The van der Waals surface area contributed by atoms with Gasteiger partial charge in [0, 0.05) is 42.4 Å². The molecule has 0 bridgehead atoms. The number of imidazole rings is 1. The van der Waals surface area contributed by atoms with Gasteiger partial charge in [-0.1, -0.05) is 30.7 Å². The van der Waals surface area contributed by atoms with Gasteiger partial charge >= 0.3 is 5.97 Å². The molecule has 2 saturated heterocycles. The maximum absolute atomic E-state index is 14.8. The van der Waals surface area contributed by atoms with Crippen molar-refractivity contribution in [3.8, 4) is 11.5 Å². The lowest BCUT2D eigenvalue weighted by Crippen LogP contribution is -2.36. The van der Waals surface area contributed by atoms with Crippen molar-refractivity contribution in [1.29, 1.82) is 0 Å². The number of likely N-dealkylation sites (tertiary alicyclic amines) is 1. The highest BCUT2D eigenvalue weighted by Gasteiger charge is 2.43. The second-order valence-corrected chi connectivity index (χ2v) is 12.4. The van der Waals surface area contributed by atoms with Gasteiger partial charge in [0.2, 0.25) is 0 Å². The maximum atomic E-state index is 14.8. The number of piperidine rings is 1. The van der Waals surface area contributed by atoms with Crippen molar-refractivity contribution in [1.82, 2.24) is 14.5 Å². The van der Waals surface area contributed by atoms with Gasteiger partial charge in [-0.25, -0.2) is 9.37 Å². The molecule has 0 spiro atoms. The van der Waals surface area contributed by atoms with Crippen LogP contribution in [0.2, 0.25) is 5.02 Å². The number of halogens is 2. The van der Waals surface area contributed by atoms with Gasteiger partial charge in [0.1, 0.15) is 11.6 Å². The van der Waals surface area contributed by atoms with Crippen LogP contribution in [-0.4, -0.2) is 52.8 Å². The zero-order valence-corrected chi connectivity index (χ0v) is 25.7. The van der Waals surface area contributed by atoms with Crippen molar-refractivity contribution >= 4 is 17.6 Å². The topological polar surface area (TPSA) is 75.0 Å². The Hall–Kier alpha value is -3.14. The summed E-state index contributed by atoms with van der Waals surface area (Å²) in [5, 5.41) is 0.328. The largest absolute Gasteiger partial charge is 0.466 e. The molecule has 0 aliphatic carbocycles. The van der Waals surface area contributed by atoms with E-state index in [1.54, 1.807) is 19.1 Å². The Morgan fingerprint density at radius 3 is 2.70 bits per heavy atom. The lowest BCUT2D eigenvalue weighted by Gasteiger charge is -2.33. The monoisotopic (exact) mass is 611 g/mol. The number of para-hydroxylation sites is 1. The van der Waals surface area contributed by atoms with Crippen LogP contribution in [-0.2, 0) is 39.6 Å². The van der Waals surface area contributed by atoms with E-state index in [-0.39, 0.29) is 23.9 Å². The molecule has 4 heterocycles. The molecule has 1 aromatic heterocycles. The predicted molar refractivity (Wildman–Crippen MR) is 160 cm³/mol. The second kappa shape index (κ2) is 12.5. The lowest BCUT2D eigenvalue weighted by molar-refractivity contribution is -0.147. The lowest BCUT2D eigenvalue weighted by atomic mass is 9.88. The van der Waals surface area contributed by atoms with Crippen molar-refractivity contribution in [2.75, 3.05) is 26.3 Å². The maximum Gasteiger partial charge on any atom is 0.309 e. The fourth-order valence-electron chi connectivity index (χ4n) is 6.32. The highest BCUT2D eigenvalue weighted by atomic mass is 35.5. The molecule has 8 nitrogen and oxygen atoms in total. The zero-order valence-electron chi connectivity index (χ0n) is 25.0. The van der Waals surface area contributed by atoms with Crippen molar-refractivity contribution in [3.05, 3.63) is 76.1 Å². The first-order chi connectivity index (χ1) is 20.7. The third kappa shape index (κ3) is 6.26. The molecule has 2 aromatic carbocycles. The molecule has 2 fully saturated rings. The molecule has 3 unspecified atom stereocenters. The van der Waals surface area contributed by atoms with E-state index in [0.29, 0.717) is 35.1 Å². The first kappa shape index (κ1) is 29.9. The molecule has 0 radical (unpaired) electrons. The minimum atomic E-state index is -1.27. The first-order valence-electron chi connectivity index (χ1n) is 15.2. The van der Waals surface area contributed by atoms with Crippen LogP contribution < -0.4 is 9.47 Å². The summed E-state index contributed by atoms with van der Waals surface area (Å²) in [4.78, 5) is 19.5. The van der Waals surface area contributed by atoms with Gasteiger partial charge in [0.15, 0.2) is 11.5 Å². The van der Waals surface area contributed by atoms with Crippen LogP contribution in [0, 0.1) is 11.7 Å². The second-order valence-electron chi connectivity index (χ2n) is 11.9. The molecule has 230 valence electrons. The van der Waals surface area contributed by atoms with Crippen LogP contribution in [0.1, 0.15) is 68.6 Å². The first-order valence-corrected chi connectivity index (χ1v) is 15.6. The van der Waals surface area contributed by atoms with Crippen LogP contribution in [0.4, 0.5) is 4.39 Å². The smallest absolute Gasteiger partial charge is 0.309 e. The van der Waals surface area contributed by atoms with Crippen LogP contribution in [0.15, 0.2) is 42.6 Å². The van der Waals surface area contributed by atoms with E-state index < -0.39 is 11.6 Å². The molecule has 3 aromatic rings. The number of fused-ring (bicyclic) bond motifs is 1. The minimum Gasteiger partial charge on any atom is -0.466 e. The number of rotatable bonds is 10.